The van der Waals surface area contributed by atoms with E-state index in [2.05, 4.69) is 5.32 Å². The first-order valence-electron chi connectivity index (χ1n) is 3.67. The smallest absolute Gasteiger partial charge is 0.222 e. The van der Waals surface area contributed by atoms with E-state index in [0.29, 0.717) is 17.5 Å². The number of rotatable bonds is 6. The van der Waals surface area contributed by atoms with Crippen LogP contribution in [0.2, 0.25) is 0 Å². The Hall–Kier alpha value is 0.130. The fraction of sp³-hybridized carbons (Fsp3) is 0.857. The molecule has 0 unspecified atom stereocenters. The maximum Gasteiger partial charge on any atom is 0.222 e. The Labute approximate surface area is 81.7 Å². The molecule has 0 aliphatic rings. The van der Waals surface area contributed by atoms with Crippen LogP contribution in [-0.4, -0.2) is 41.3 Å². The molecule has 2 N–H and O–H groups in total. The van der Waals surface area contributed by atoms with Crippen molar-refractivity contribution in [1.29, 1.82) is 0 Å². The zero-order valence-electron chi connectivity index (χ0n) is 7.37. The molecule has 1 amide bonds. The lowest BCUT2D eigenvalue weighted by atomic mass is 10.4. The van der Waals surface area contributed by atoms with Gasteiger partial charge < -0.3 is 10.4 Å². The summed E-state index contributed by atoms with van der Waals surface area (Å²) >= 11 is 3.34. The van der Waals surface area contributed by atoms with E-state index in [1.807, 2.05) is 12.5 Å². The SMILES string of the molecule is CSC(CC(=O)NCCO)SC. The topological polar surface area (TPSA) is 49.3 Å². The van der Waals surface area contributed by atoms with Crippen molar-refractivity contribution in [2.24, 2.45) is 0 Å². The van der Waals surface area contributed by atoms with Gasteiger partial charge in [-0.15, -0.1) is 0 Å². The summed E-state index contributed by atoms with van der Waals surface area (Å²) in [6.07, 6.45) is 4.49. The Morgan fingerprint density at radius 2 is 2.08 bits per heavy atom. The summed E-state index contributed by atoms with van der Waals surface area (Å²) < 4.78 is 0.323. The quantitative estimate of drug-likeness (QED) is 0.627. The Morgan fingerprint density at radius 3 is 2.50 bits per heavy atom. The van der Waals surface area contributed by atoms with E-state index in [4.69, 9.17) is 5.11 Å². The fourth-order valence-electron chi connectivity index (χ4n) is 0.682. The van der Waals surface area contributed by atoms with Crippen molar-refractivity contribution in [2.45, 2.75) is 11.0 Å². The van der Waals surface area contributed by atoms with Gasteiger partial charge in [0, 0.05) is 13.0 Å². The Bertz CT molecular complexity index is 129. The largest absolute Gasteiger partial charge is 0.395 e. The number of hydrogen-bond donors (Lipinski definition) is 2. The van der Waals surface area contributed by atoms with Gasteiger partial charge in [-0.3, -0.25) is 4.79 Å². The van der Waals surface area contributed by atoms with Crippen molar-refractivity contribution < 1.29 is 9.90 Å². The monoisotopic (exact) mass is 209 g/mol. The highest BCUT2D eigenvalue weighted by Crippen LogP contribution is 2.21. The molecule has 72 valence electrons. The summed E-state index contributed by atoms with van der Waals surface area (Å²) in [5.41, 5.74) is 0. The van der Waals surface area contributed by atoms with Crippen LogP contribution in [-0.2, 0) is 4.79 Å². The number of hydrogen-bond acceptors (Lipinski definition) is 4. The van der Waals surface area contributed by atoms with Gasteiger partial charge in [0.2, 0.25) is 5.91 Å². The molecule has 0 spiro atoms. The molecule has 0 aliphatic carbocycles. The van der Waals surface area contributed by atoms with Gasteiger partial charge in [0.15, 0.2) is 0 Å². The van der Waals surface area contributed by atoms with E-state index in [9.17, 15) is 4.79 Å². The molecule has 5 heteroatoms. The van der Waals surface area contributed by atoms with Crippen molar-refractivity contribution in [3.8, 4) is 0 Å². The zero-order valence-corrected chi connectivity index (χ0v) is 9.00. The molecule has 0 fully saturated rings. The number of thioether (sulfide) groups is 2. The van der Waals surface area contributed by atoms with Gasteiger partial charge in [-0.05, 0) is 12.5 Å². The zero-order chi connectivity index (χ0) is 9.40. The number of aliphatic hydroxyl groups excluding tert-OH is 1. The molecule has 0 aromatic carbocycles. The molecule has 0 rings (SSSR count). The minimum absolute atomic E-state index is 0.00887. The van der Waals surface area contributed by atoms with E-state index in [1.54, 1.807) is 23.5 Å². The average Bonchev–Trinajstić information content (AvgIpc) is 2.10. The number of amides is 1. The van der Waals surface area contributed by atoms with Crippen LogP contribution >= 0.6 is 23.5 Å². The van der Waals surface area contributed by atoms with Crippen LogP contribution in [0.5, 0.6) is 0 Å². The lowest BCUT2D eigenvalue weighted by molar-refractivity contribution is -0.120. The second kappa shape index (κ2) is 7.76. The van der Waals surface area contributed by atoms with Gasteiger partial charge in [0.25, 0.3) is 0 Å². The Kier molecular flexibility index (Phi) is 7.85. The van der Waals surface area contributed by atoms with E-state index in [-0.39, 0.29) is 12.5 Å². The Balaban J connectivity index is 3.52. The number of carbonyl (C=O) groups is 1. The first kappa shape index (κ1) is 12.1. The molecule has 12 heavy (non-hydrogen) atoms. The van der Waals surface area contributed by atoms with Crippen LogP contribution in [0.4, 0.5) is 0 Å². The molecule has 0 aromatic heterocycles. The summed E-state index contributed by atoms with van der Waals surface area (Å²) in [7, 11) is 0. The third-order valence-electron chi connectivity index (χ3n) is 1.31. The first-order chi connectivity index (χ1) is 5.74. The van der Waals surface area contributed by atoms with E-state index in [0.717, 1.165) is 0 Å². The third-order valence-corrected chi connectivity index (χ3v) is 3.85. The normalized spacial score (nSPS) is 10.3. The van der Waals surface area contributed by atoms with Gasteiger partial charge in [0.1, 0.15) is 0 Å². The second-order valence-corrected chi connectivity index (χ2v) is 4.56. The predicted octanol–water partition coefficient (Wildman–Crippen LogP) is 0.537. The van der Waals surface area contributed by atoms with Gasteiger partial charge in [0.05, 0.1) is 11.2 Å². The highest BCUT2D eigenvalue weighted by molar-refractivity contribution is 8.16. The van der Waals surface area contributed by atoms with Crippen LogP contribution in [0.15, 0.2) is 0 Å². The molecule has 0 radical (unpaired) electrons. The highest BCUT2D eigenvalue weighted by atomic mass is 32.2. The minimum atomic E-state index is 0.00887. The maximum absolute atomic E-state index is 11.1. The molecular formula is C7H15NO2S2. The van der Waals surface area contributed by atoms with Crippen molar-refractivity contribution in [2.75, 3.05) is 25.7 Å². The lowest BCUT2D eigenvalue weighted by Crippen LogP contribution is -2.28. The third kappa shape index (κ3) is 5.74. The van der Waals surface area contributed by atoms with Gasteiger partial charge in [-0.1, -0.05) is 0 Å². The Morgan fingerprint density at radius 1 is 1.50 bits per heavy atom. The molecule has 0 aromatic rings. The first-order valence-corrected chi connectivity index (χ1v) is 6.25. The molecule has 0 heterocycles. The van der Waals surface area contributed by atoms with E-state index < -0.39 is 0 Å². The summed E-state index contributed by atoms with van der Waals surface area (Å²) in [6, 6.07) is 0. The van der Waals surface area contributed by atoms with Crippen LogP contribution < -0.4 is 5.32 Å². The number of carbonyl (C=O) groups excluding carboxylic acids is 1. The van der Waals surface area contributed by atoms with Gasteiger partial charge >= 0.3 is 0 Å². The van der Waals surface area contributed by atoms with Crippen molar-refractivity contribution in [1.82, 2.24) is 5.32 Å². The summed E-state index contributed by atoms with van der Waals surface area (Å²) in [4.78, 5) is 11.1. The predicted molar refractivity (Wildman–Crippen MR) is 55.5 cm³/mol. The van der Waals surface area contributed by atoms with Gasteiger partial charge in [-0.2, -0.15) is 23.5 Å². The minimum Gasteiger partial charge on any atom is -0.395 e. The molecule has 0 aliphatic heterocycles. The maximum atomic E-state index is 11.1. The molecular weight excluding hydrogens is 194 g/mol. The molecule has 0 bridgehead atoms. The molecule has 3 nitrogen and oxygen atoms in total. The van der Waals surface area contributed by atoms with Crippen LogP contribution in [0, 0.1) is 0 Å². The number of aliphatic hydroxyl groups is 1. The van der Waals surface area contributed by atoms with Crippen molar-refractivity contribution in [3.63, 3.8) is 0 Å². The standard InChI is InChI=1S/C7H15NO2S2/c1-11-7(12-2)5-6(10)8-3-4-9/h7,9H,3-5H2,1-2H3,(H,8,10). The lowest BCUT2D eigenvalue weighted by Gasteiger charge is -2.10. The van der Waals surface area contributed by atoms with Gasteiger partial charge in [-0.25, -0.2) is 0 Å². The second-order valence-electron chi connectivity index (χ2n) is 2.18. The summed E-state index contributed by atoms with van der Waals surface area (Å²) in [6.45, 7) is 0.364. The summed E-state index contributed by atoms with van der Waals surface area (Å²) in [5.74, 6) is 0.0118. The molecule has 0 saturated carbocycles. The van der Waals surface area contributed by atoms with Crippen LogP contribution in [0.25, 0.3) is 0 Å². The highest BCUT2D eigenvalue weighted by Gasteiger charge is 2.09. The van der Waals surface area contributed by atoms with E-state index in [1.165, 1.54) is 0 Å². The van der Waals surface area contributed by atoms with Crippen LogP contribution in [0.3, 0.4) is 0 Å². The van der Waals surface area contributed by atoms with E-state index >= 15 is 0 Å². The van der Waals surface area contributed by atoms with Crippen molar-refractivity contribution >= 4 is 29.4 Å². The molecule has 0 saturated heterocycles. The average molecular weight is 209 g/mol. The molecule has 0 atom stereocenters. The van der Waals surface area contributed by atoms with Crippen LogP contribution in [0.1, 0.15) is 6.42 Å². The summed E-state index contributed by atoms with van der Waals surface area (Å²) in [5, 5.41) is 11.1. The van der Waals surface area contributed by atoms with Crippen molar-refractivity contribution in [3.05, 3.63) is 0 Å². The fourth-order valence-corrected chi connectivity index (χ4v) is 2.09. The number of nitrogens with one attached hydrogen (secondary N) is 1.